The number of aryl methyl sites for hydroxylation is 1. The lowest BCUT2D eigenvalue weighted by Crippen LogP contribution is -1.87. The van der Waals surface area contributed by atoms with Crippen LogP contribution in [0.1, 0.15) is 21.5 Å². The third-order valence-electron chi connectivity index (χ3n) is 1.46. The monoisotopic (exact) mass is 145 g/mol. The molecule has 11 heavy (non-hydrogen) atoms. The van der Waals surface area contributed by atoms with Gasteiger partial charge in [-0.25, -0.2) is 0 Å². The van der Waals surface area contributed by atoms with Crippen LogP contribution in [0.15, 0.2) is 18.2 Å². The Morgan fingerprint density at radius 3 is 2.82 bits per heavy atom. The van der Waals surface area contributed by atoms with Crippen molar-refractivity contribution in [3.05, 3.63) is 34.9 Å². The summed E-state index contributed by atoms with van der Waals surface area (Å²) in [6, 6.07) is 7.12. The maximum atomic E-state index is 10.3. The summed E-state index contributed by atoms with van der Waals surface area (Å²) in [5, 5.41) is 8.57. The minimum absolute atomic E-state index is 0.444. The number of nitrogens with zero attached hydrogens (tertiary/aromatic N) is 1. The predicted octanol–water partition coefficient (Wildman–Crippen LogP) is 1.68. The Labute approximate surface area is 65.1 Å². The van der Waals surface area contributed by atoms with E-state index in [1.165, 1.54) is 0 Å². The van der Waals surface area contributed by atoms with Crippen molar-refractivity contribution < 1.29 is 4.79 Å². The van der Waals surface area contributed by atoms with Crippen molar-refractivity contribution in [1.29, 1.82) is 5.26 Å². The predicted molar refractivity (Wildman–Crippen MR) is 41.3 cm³/mol. The van der Waals surface area contributed by atoms with Gasteiger partial charge in [0, 0.05) is 5.56 Å². The average Bonchev–Trinajstić information content (AvgIpc) is 2.04. The molecule has 0 bridgehead atoms. The zero-order valence-electron chi connectivity index (χ0n) is 6.16. The van der Waals surface area contributed by atoms with Crippen LogP contribution in [0, 0.1) is 18.3 Å². The fourth-order valence-electron chi connectivity index (χ4n) is 0.870. The Bertz CT molecular complexity index is 323. The molecule has 1 aromatic rings. The highest BCUT2D eigenvalue weighted by atomic mass is 16.1. The van der Waals surface area contributed by atoms with Gasteiger partial charge >= 0.3 is 0 Å². The minimum Gasteiger partial charge on any atom is -0.298 e. The van der Waals surface area contributed by atoms with E-state index in [0.29, 0.717) is 17.4 Å². The van der Waals surface area contributed by atoms with E-state index in [9.17, 15) is 4.79 Å². The molecule has 0 amide bonds. The third kappa shape index (κ3) is 1.44. The largest absolute Gasteiger partial charge is 0.298 e. The van der Waals surface area contributed by atoms with E-state index in [4.69, 9.17) is 5.26 Å². The first kappa shape index (κ1) is 7.49. The van der Waals surface area contributed by atoms with Crippen LogP contribution in [0.5, 0.6) is 0 Å². The van der Waals surface area contributed by atoms with Crippen LogP contribution >= 0.6 is 0 Å². The van der Waals surface area contributed by atoms with Gasteiger partial charge in [0.15, 0.2) is 6.29 Å². The van der Waals surface area contributed by atoms with E-state index in [2.05, 4.69) is 0 Å². The fourth-order valence-corrected chi connectivity index (χ4v) is 0.870. The standard InChI is InChI=1S/C9H7NO/c1-7-2-3-8(6-11)9(4-7)5-10/h2-4,6H,1H3. The molecule has 0 heterocycles. The van der Waals surface area contributed by atoms with Crippen molar-refractivity contribution in [2.75, 3.05) is 0 Å². The lowest BCUT2D eigenvalue weighted by Gasteiger charge is -1.95. The maximum absolute atomic E-state index is 10.3. The second kappa shape index (κ2) is 2.98. The van der Waals surface area contributed by atoms with E-state index in [1.807, 2.05) is 19.1 Å². The summed E-state index contributed by atoms with van der Waals surface area (Å²) in [5.41, 5.74) is 1.89. The van der Waals surface area contributed by atoms with E-state index in [-0.39, 0.29) is 0 Å². The first-order valence-corrected chi connectivity index (χ1v) is 3.24. The van der Waals surface area contributed by atoms with Gasteiger partial charge in [0.25, 0.3) is 0 Å². The first-order chi connectivity index (χ1) is 5.27. The Balaban J connectivity index is 3.30. The molecule has 0 unspecified atom stereocenters. The topological polar surface area (TPSA) is 40.9 Å². The zero-order valence-corrected chi connectivity index (χ0v) is 6.16. The number of rotatable bonds is 1. The maximum Gasteiger partial charge on any atom is 0.151 e. The van der Waals surface area contributed by atoms with Crippen LogP contribution in [0.25, 0.3) is 0 Å². The Morgan fingerprint density at radius 1 is 1.55 bits per heavy atom. The second-order valence-corrected chi connectivity index (χ2v) is 2.32. The van der Waals surface area contributed by atoms with Gasteiger partial charge in [-0.05, 0) is 18.6 Å². The molecule has 0 atom stereocenters. The molecule has 0 radical (unpaired) electrons. The van der Waals surface area contributed by atoms with Gasteiger partial charge in [0.2, 0.25) is 0 Å². The molecule has 0 saturated carbocycles. The highest BCUT2D eigenvalue weighted by molar-refractivity contribution is 5.79. The number of aldehydes is 1. The summed E-state index contributed by atoms with van der Waals surface area (Å²) >= 11 is 0. The zero-order chi connectivity index (χ0) is 8.27. The number of carbonyl (C=O) groups excluding carboxylic acids is 1. The number of hydrogen-bond acceptors (Lipinski definition) is 2. The highest BCUT2D eigenvalue weighted by Gasteiger charge is 1.98. The fraction of sp³-hybridized carbons (Fsp3) is 0.111. The van der Waals surface area contributed by atoms with Gasteiger partial charge in [-0.2, -0.15) is 5.26 Å². The molecular weight excluding hydrogens is 138 g/mol. The van der Waals surface area contributed by atoms with Crippen LogP contribution in [0.3, 0.4) is 0 Å². The Morgan fingerprint density at radius 2 is 2.27 bits per heavy atom. The van der Waals surface area contributed by atoms with E-state index >= 15 is 0 Å². The average molecular weight is 145 g/mol. The van der Waals surface area contributed by atoms with Crippen molar-refractivity contribution in [2.24, 2.45) is 0 Å². The third-order valence-corrected chi connectivity index (χ3v) is 1.46. The van der Waals surface area contributed by atoms with E-state index in [1.54, 1.807) is 12.1 Å². The molecule has 2 heteroatoms. The summed E-state index contributed by atoms with van der Waals surface area (Å²) < 4.78 is 0. The molecule has 0 saturated heterocycles. The second-order valence-electron chi connectivity index (χ2n) is 2.32. The normalized spacial score (nSPS) is 8.73. The van der Waals surface area contributed by atoms with Crippen molar-refractivity contribution in [3.63, 3.8) is 0 Å². The highest BCUT2D eigenvalue weighted by Crippen LogP contribution is 2.07. The lowest BCUT2D eigenvalue weighted by atomic mass is 10.1. The molecule has 0 spiro atoms. The smallest absolute Gasteiger partial charge is 0.151 e. The van der Waals surface area contributed by atoms with Crippen LogP contribution in [0.2, 0.25) is 0 Å². The van der Waals surface area contributed by atoms with Gasteiger partial charge in [-0.15, -0.1) is 0 Å². The molecular formula is C9H7NO. The first-order valence-electron chi connectivity index (χ1n) is 3.24. The molecule has 1 rings (SSSR count). The number of hydrogen-bond donors (Lipinski definition) is 0. The quantitative estimate of drug-likeness (QED) is 0.564. The molecule has 0 fully saturated rings. The van der Waals surface area contributed by atoms with Gasteiger partial charge < -0.3 is 0 Å². The summed E-state index contributed by atoms with van der Waals surface area (Å²) in [4.78, 5) is 10.3. The van der Waals surface area contributed by atoms with Crippen LogP contribution < -0.4 is 0 Å². The number of nitriles is 1. The van der Waals surface area contributed by atoms with E-state index in [0.717, 1.165) is 5.56 Å². The lowest BCUT2D eigenvalue weighted by molar-refractivity contribution is 0.112. The Kier molecular flexibility index (Phi) is 2.03. The van der Waals surface area contributed by atoms with Crippen molar-refractivity contribution in [2.45, 2.75) is 6.92 Å². The molecule has 1 aromatic carbocycles. The Hall–Kier alpha value is -1.62. The molecule has 0 aromatic heterocycles. The van der Waals surface area contributed by atoms with Crippen LogP contribution in [-0.2, 0) is 0 Å². The van der Waals surface area contributed by atoms with Gasteiger partial charge in [0.05, 0.1) is 11.6 Å². The summed E-state index contributed by atoms with van der Waals surface area (Å²) in [7, 11) is 0. The van der Waals surface area contributed by atoms with Crippen molar-refractivity contribution in [1.82, 2.24) is 0 Å². The van der Waals surface area contributed by atoms with Crippen molar-refractivity contribution >= 4 is 6.29 Å². The SMILES string of the molecule is Cc1ccc(C=O)c(C#N)c1. The molecule has 0 aliphatic heterocycles. The summed E-state index contributed by atoms with van der Waals surface area (Å²) in [6.45, 7) is 1.88. The van der Waals surface area contributed by atoms with Gasteiger partial charge in [-0.1, -0.05) is 12.1 Å². The number of carbonyl (C=O) groups is 1. The van der Waals surface area contributed by atoms with Gasteiger partial charge in [0.1, 0.15) is 0 Å². The molecule has 2 nitrogen and oxygen atoms in total. The molecule has 0 aliphatic rings. The summed E-state index contributed by atoms with van der Waals surface area (Å²) in [6.07, 6.45) is 0.692. The van der Waals surface area contributed by atoms with Crippen LogP contribution in [-0.4, -0.2) is 6.29 Å². The number of benzene rings is 1. The molecule has 54 valence electrons. The van der Waals surface area contributed by atoms with Gasteiger partial charge in [-0.3, -0.25) is 4.79 Å². The molecule has 0 aliphatic carbocycles. The van der Waals surface area contributed by atoms with Crippen LogP contribution in [0.4, 0.5) is 0 Å². The molecule has 0 N–H and O–H groups in total. The van der Waals surface area contributed by atoms with Crippen molar-refractivity contribution in [3.8, 4) is 6.07 Å². The van der Waals surface area contributed by atoms with E-state index < -0.39 is 0 Å². The summed E-state index contributed by atoms with van der Waals surface area (Å²) in [5.74, 6) is 0. The minimum atomic E-state index is 0.444.